The smallest absolute Gasteiger partial charge is 0.279 e. The molecule has 0 fully saturated rings. The Kier molecular flexibility index (Phi) is 3.80. The first kappa shape index (κ1) is 14.8. The molecule has 2 aromatic heterocycles. The quantitative estimate of drug-likeness (QED) is 0.396. The summed E-state index contributed by atoms with van der Waals surface area (Å²) in [5.74, 6) is 0.181. The summed E-state index contributed by atoms with van der Waals surface area (Å²) in [4.78, 5) is 17.9. The molecule has 0 atom stereocenters. The molecule has 0 radical (unpaired) electrons. The van der Waals surface area contributed by atoms with Crippen molar-refractivity contribution in [2.45, 2.75) is 0 Å². The first-order valence-electron chi connectivity index (χ1n) is 7.69. The minimum atomic E-state index is -0.328. The lowest BCUT2D eigenvalue weighted by molar-refractivity contribution is 0.947. The summed E-state index contributed by atoms with van der Waals surface area (Å²) in [5.41, 5.74) is 5.31. The molecule has 2 aromatic carbocycles. The van der Waals surface area contributed by atoms with Crippen LogP contribution >= 0.6 is 0 Å². The van der Waals surface area contributed by atoms with Gasteiger partial charge in [-0.1, -0.05) is 48.5 Å². The molecule has 0 aliphatic rings. The molecule has 7 heteroatoms. The standard InChI is InChI=1S/C18H14N6O/c25-17-16(12-6-2-1-3-7-12)22-24-18(21-17)23-20-11-13-10-19-15-9-5-4-8-14(13)15/h1-11,19H,(H2,21,23,24,25)/b20-11-. The molecular weight excluding hydrogens is 316 g/mol. The fraction of sp³-hybridized carbons (Fsp3) is 0. The Bertz CT molecular complexity index is 1100. The van der Waals surface area contributed by atoms with Gasteiger partial charge < -0.3 is 4.98 Å². The van der Waals surface area contributed by atoms with Crippen molar-refractivity contribution in [3.05, 3.63) is 76.7 Å². The van der Waals surface area contributed by atoms with Gasteiger partial charge in [0.2, 0.25) is 5.95 Å². The number of rotatable bonds is 4. The van der Waals surface area contributed by atoms with Crippen LogP contribution in [-0.2, 0) is 0 Å². The Morgan fingerprint density at radius 1 is 1.00 bits per heavy atom. The van der Waals surface area contributed by atoms with E-state index in [0.717, 1.165) is 16.5 Å². The summed E-state index contributed by atoms with van der Waals surface area (Å²) in [6.45, 7) is 0. The molecule has 3 N–H and O–H groups in total. The van der Waals surface area contributed by atoms with Crippen LogP contribution in [0.25, 0.3) is 22.2 Å². The van der Waals surface area contributed by atoms with Crippen LogP contribution in [0.4, 0.5) is 5.95 Å². The fourth-order valence-corrected chi connectivity index (χ4v) is 2.54. The van der Waals surface area contributed by atoms with Gasteiger partial charge in [0.1, 0.15) is 0 Å². The zero-order valence-corrected chi connectivity index (χ0v) is 13.1. The second-order valence-corrected chi connectivity index (χ2v) is 5.38. The molecule has 7 nitrogen and oxygen atoms in total. The molecule has 4 rings (SSSR count). The summed E-state index contributed by atoms with van der Waals surface area (Å²) in [6, 6.07) is 17.1. The van der Waals surface area contributed by atoms with Crippen molar-refractivity contribution in [3.8, 4) is 11.3 Å². The Labute approximate surface area is 142 Å². The van der Waals surface area contributed by atoms with E-state index in [-0.39, 0.29) is 17.2 Å². The third-order valence-corrected chi connectivity index (χ3v) is 3.74. The molecule has 0 unspecified atom stereocenters. The van der Waals surface area contributed by atoms with Crippen LogP contribution in [-0.4, -0.2) is 26.4 Å². The van der Waals surface area contributed by atoms with Crippen molar-refractivity contribution in [2.24, 2.45) is 5.10 Å². The van der Waals surface area contributed by atoms with E-state index in [0.29, 0.717) is 5.56 Å². The number of H-pyrrole nitrogens is 2. The van der Waals surface area contributed by atoms with Crippen molar-refractivity contribution in [1.82, 2.24) is 20.2 Å². The van der Waals surface area contributed by atoms with Gasteiger partial charge in [-0.25, -0.2) is 5.43 Å². The second kappa shape index (κ2) is 6.40. The highest BCUT2D eigenvalue weighted by atomic mass is 16.1. The molecule has 0 saturated heterocycles. The Balaban J connectivity index is 1.54. The molecule has 4 aromatic rings. The maximum atomic E-state index is 12.2. The highest BCUT2D eigenvalue weighted by Crippen LogP contribution is 2.15. The summed E-state index contributed by atoms with van der Waals surface area (Å²) in [6.07, 6.45) is 3.52. The van der Waals surface area contributed by atoms with Gasteiger partial charge in [0, 0.05) is 28.2 Å². The number of nitrogens with zero attached hydrogens (tertiary/aromatic N) is 3. The highest BCUT2D eigenvalue weighted by Gasteiger charge is 2.06. The highest BCUT2D eigenvalue weighted by molar-refractivity contribution is 5.99. The van der Waals surface area contributed by atoms with Crippen molar-refractivity contribution in [1.29, 1.82) is 0 Å². The number of aromatic nitrogens is 4. The topological polar surface area (TPSA) is 98.8 Å². The van der Waals surface area contributed by atoms with Gasteiger partial charge in [0.05, 0.1) is 6.21 Å². The zero-order chi connectivity index (χ0) is 17.1. The Hall–Kier alpha value is -3.74. The summed E-state index contributed by atoms with van der Waals surface area (Å²) in [7, 11) is 0. The largest absolute Gasteiger partial charge is 0.361 e. The SMILES string of the molecule is O=c1[nH]c(N/N=C\c2c[nH]c3ccccc23)nnc1-c1ccccc1. The van der Waals surface area contributed by atoms with Crippen molar-refractivity contribution in [3.63, 3.8) is 0 Å². The van der Waals surface area contributed by atoms with Gasteiger partial charge in [-0.3, -0.25) is 9.78 Å². The molecule has 122 valence electrons. The van der Waals surface area contributed by atoms with E-state index in [9.17, 15) is 4.79 Å². The average Bonchev–Trinajstić information content (AvgIpc) is 3.06. The molecule has 0 amide bonds. The van der Waals surface area contributed by atoms with Gasteiger partial charge >= 0.3 is 0 Å². The van der Waals surface area contributed by atoms with E-state index in [4.69, 9.17) is 0 Å². The predicted octanol–water partition coefficient (Wildman–Crippen LogP) is 2.76. The molecule has 25 heavy (non-hydrogen) atoms. The number of benzene rings is 2. The third-order valence-electron chi connectivity index (χ3n) is 3.74. The van der Waals surface area contributed by atoms with E-state index in [1.54, 1.807) is 6.21 Å². The van der Waals surface area contributed by atoms with Gasteiger partial charge in [0.25, 0.3) is 5.56 Å². The van der Waals surface area contributed by atoms with E-state index in [1.165, 1.54) is 0 Å². The number of hydrazone groups is 1. The second-order valence-electron chi connectivity index (χ2n) is 5.38. The maximum absolute atomic E-state index is 12.2. The fourth-order valence-electron chi connectivity index (χ4n) is 2.54. The molecule has 0 bridgehead atoms. The first-order chi connectivity index (χ1) is 12.3. The lowest BCUT2D eigenvalue weighted by atomic mass is 10.2. The summed E-state index contributed by atoms with van der Waals surface area (Å²) >= 11 is 0. The van der Waals surface area contributed by atoms with Crippen LogP contribution in [0.5, 0.6) is 0 Å². The van der Waals surface area contributed by atoms with Crippen LogP contribution in [0.2, 0.25) is 0 Å². The normalized spacial score (nSPS) is 11.2. The van der Waals surface area contributed by atoms with Crippen LogP contribution < -0.4 is 11.0 Å². The minimum absolute atomic E-state index is 0.181. The number of fused-ring (bicyclic) bond motifs is 1. The number of aromatic amines is 2. The number of hydrogen-bond acceptors (Lipinski definition) is 5. The van der Waals surface area contributed by atoms with E-state index >= 15 is 0 Å². The Morgan fingerprint density at radius 3 is 2.64 bits per heavy atom. The van der Waals surface area contributed by atoms with Crippen molar-refractivity contribution >= 4 is 23.1 Å². The van der Waals surface area contributed by atoms with Gasteiger partial charge in [-0.05, 0) is 6.07 Å². The van der Waals surface area contributed by atoms with Gasteiger partial charge in [-0.2, -0.15) is 5.10 Å². The number of hydrogen-bond donors (Lipinski definition) is 3. The molecule has 0 aliphatic carbocycles. The minimum Gasteiger partial charge on any atom is -0.361 e. The number of para-hydroxylation sites is 1. The molecule has 0 aliphatic heterocycles. The molecule has 0 saturated carbocycles. The van der Waals surface area contributed by atoms with E-state index in [2.05, 4.69) is 30.7 Å². The monoisotopic (exact) mass is 330 g/mol. The number of anilines is 1. The Morgan fingerprint density at radius 2 is 1.80 bits per heavy atom. The van der Waals surface area contributed by atoms with Crippen molar-refractivity contribution < 1.29 is 0 Å². The van der Waals surface area contributed by atoms with Gasteiger partial charge in [-0.15, -0.1) is 10.2 Å². The van der Waals surface area contributed by atoms with E-state index in [1.807, 2.05) is 60.8 Å². The average molecular weight is 330 g/mol. The first-order valence-corrected chi connectivity index (χ1v) is 7.69. The lowest BCUT2D eigenvalue weighted by Crippen LogP contribution is -2.15. The number of nitrogens with one attached hydrogen (secondary N) is 3. The maximum Gasteiger partial charge on any atom is 0.279 e. The molecule has 0 spiro atoms. The zero-order valence-electron chi connectivity index (χ0n) is 13.1. The van der Waals surface area contributed by atoms with Crippen LogP contribution in [0, 0.1) is 0 Å². The predicted molar refractivity (Wildman–Crippen MR) is 97.6 cm³/mol. The van der Waals surface area contributed by atoms with E-state index < -0.39 is 0 Å². The third kappa shape index (κ3) is 3.02. The van der Waals surface area contributed by atoms with Crippen LogP contribution in [0.15, 0.2) is 70.7 Å². The molecule has 2 heterocycles. The van der Waals surface area contributed by atoms with Crippen LogP contribution in [0.3, 0.4) is 0 Å². The molecular formula is C18H14N6O. The lowest BCUT2D eigenvalue weighted by Gasteiger charge is -2.01. The van der Waals surface area contributed by atoms with Gasteiger partial charge in [0.15, 0.2) is 5.69 Å². The summed E-state index contributed by atoms with van der Waals surface area (Å²) < 4.78 is 0. The van der Waals surface area contributed by atoms with Crippen LogP contribution in [0.1, 0.15) is 5.56 Å². The summed E-state index contributed by atoms with van der Waals surface area (Å²) in [5, 5.41) is 13.1. The van der Waals surface area contributed by atoms with Crippen molar-refractivity contribution in [2.75, 3.05) is 5.43 Å².